The van der Waals surface area contributed by atoms with Gasteiger partial charge < -0.3 is 5.32 Å². The fourth-order valence-electron chi connectivity index (χ4n) is 2.08. The van der Waals surface area contributed by atoms with Crippen molar-refractivity contribution in [3.63, 3.8) is 0 Å². The molecule has 0 aliphatic heterocycles. The van der Waals surface area contributed by atoms with Gasteiger partial charge in [-0.25, -0.2) is 0 Å². The smallest absolute Gasteiger partial charge is 0.269 e. The van der Waals surface area contributed by atoms with E-state index in [0.717, 1.165) is 33.6 Å². The van der Waals surface area contributed by atoms with E-state index in [1.165, 1.54) is 5.56 Å². The van der Waals surface area contributed by atoms with Crippen LogP contribution in [-0.4, -0.2) is 20.5 Å². The molecule has 0 fully saturated rings. The Hall–Kier alpha value is -2.25. The summed E-state index contributed by atoms with van der Waals surface area (Å²) in [7, 11) is 0. The van der Waals surface area contributed by atoms with Crippen molar-refractivity contribution in [2.45, 2.75) is 24.0 Å². The van der Waals surface area contributed by atoms with E-state index in [4.69, 9.17) is 0 Å². The number of aromatic nitrogens is 3. The summed E-state index contributed by atoms with van der Waals surface area (Å²) in [6, 6.07) is 11.8. The highest BCUT2D eigenvalue weighted by Gasteiger charge is 2.14. The molecule has 0 unspecified atom stereocenters. The highest BCUT2D eigenvalue weighted by Crippen LogP contribution is 2.24. The zero-order valence-corrected chi connectivity index (χ0v) is 14.7. The summed E-state index contributed by atoms with van der Waals surface area (Å²) in [5, 5.41) is 6.86. The van der Waals surface area contributed by atoms with E-state index >= 15 is 0 Å². The number of carbonyl (C=O) groups excluding carboxylic acids is 1. The Morgan fingerprint density at radius 2 is 2.08 bits per heavy atom. The second-order valence-corrected chi connectivity index (χ2v) is 6.83. The van der Waals surface area contributed by atoms with Gasteiger partial charge in [0.1, 0.15) is 4.88 Å². The molecule has 1 N–H and O–H groups in total. The van der Waals surface area contributed by atoms with E-state index in [1.807, 2.05) is 43.5 Å². The Bertz CT molecular complexity index is 803. The first-order chi connectivity index (χ1) is 11.8. The predicted molar refractivity (Wildman–Crippen MR) is 97.5 cm³/mol. The fourth-order valence-corrected chi connectivity index (χ4v) is 3.56. The summed E-state index contributed by atoms with van der Waals surface area (Å²) < 4.78 is 3.85. The van der Waals surface area contributed by atoms with Crippen LogP contribution in [0.25, 0.3) is 0 Å². The van der Waals surface area contributed by atoms with Gasteiger partial charge in [0.15, 0.2) is 0 Å². The number of thioether (sulfide) groups is 1. The van der Waals surface area contributed by atoms with Crippen LogP contribution in [0.1, 0.15) is 27.9 Å². The summed E-state index contributed by atoms with van der Waals surface area (Å²) >= 11 is 2.86. The molecule has 122 valence electrons. The largest absolute Gasteiger partial charge is 0.321 e. The lowest BCUT2D eigenvalue weighted by Crippen LogP contribution is -2.12. The van der Waals surface area contributed by atoms with Crippen LogP contribution in [0.4, 0.5) is 5.69 Å². The van der Waals surface area contributed by atoms with Gasteiger partial charge in [-0.05, 0) is 53.8 Å². The molecule has 0 aliphatic rings. The summed E-state index contributed by atoms with van der Waals surface area (Å²) in [6.07, 6.45) is 4.34. The molecule has 0 spiro atoms. The number of benzene rings is 1. The number of carbonyl (C=O) groups is 1. The van der Waals surface area contributed by atoms with Crippen LogP contribution >= 0.6 is 23.3 Å². The molecule has 1 aromatic carbocycles. The summed E-state index contributed by atoms with van der Waals surface area (Å²) in [5.41, 5.74) is 2.69. The van der Waals surface area contributed by atoms with Crippen molar-refractivity contribution in [1.29, 1.82) is 0 Å². The number of aryl methyl sites for hydroxylation is 1. The molecule has 0 saturated heterocycles. The number of nitrogens with zero attached hydrogens (tertiary/aromatic N) is 3. The molecule has 0 aliphatic carbocycles. The van der Waals surface area contributed by atoms with Crippen molar-refractivity contribution in [1.82, 2.24) is 14.6 Å². The van der Waals surface area contributed by atoms with Crippen molar-refractivity contribution >= 4 is 34.9 Å². The molecule has 2 heterocycles. The predicted octanol–water partition coefficient (Wildman–Crippen LogP) is 4.04. The minimum atomic E-state index is -0.155. The number of nitrogens with one attached hydrogen (secondary N) is 1. The average molecular weight is 356 g/mol. The van der Waals surface area contributed by atoms with E-state index in [2.05, 4.69) is 26.0 Å². The molecule has 7 heteroatoms. The van der Waals surface area contributed by atoms with Gasteiger partial charge >= 0.3 is 0 Å². The standard InChI is InChI=1S/C17H16N4OS2/c1-2-15-16(24-21-20-15)17(22)19-13-5-7-14(8-6-13)23-11-12-4-3-9-18-10-12/h3-10H,2,11H2,1H3,(H,19,22). The molecule has 24 heavy (non-hydrogen) atoms. The van der Waals surface area contributed by atoms with E-state index in [-0.39, 0.29) is 5.91 Å². The maximum atomic E-state index is 12.3. The number of hydrogen-bond donors (Lipinski definition) is 1. The maximum absolute atomic E-state index is 12.3. The number of rotatable bonds is 6. The molecule has 0 radical (unpaired) electrons. The molecule has 2 aromatic heterocycles. The van der Waals surface area contributed by atoms with Crippen LogP contribution in [-0.2, 0) is 12.2 Å². The number of hydrogen-bond acceptors (Lipinski definition) is 6. The van der Waals surface area contributed by atoms with Crippen LogP contribution in [0, 0.1) is 0 Å². The van der Waals surface area contributed by atoms with E-state index in [1.54, 1.807) is 18.0 Å². The van der Waals surface area contributed by atoms with E-state index in [0.29, 0.717) is 11.3 Å². The minimum Gasteiger partial charge on any atom is -0.321 e. The van der Waals surface area contributed by atoms with E-state index < -0.39 is 0 Å². The van der Waals surface area contributed by atoms with Gasteiger partial charge in [-0.2, -0.15) is 0 Å². The zero-order valence-electron chi connectivity index (χ0n) is 13.1. The number of pyridine rings is 1. The molecule has 0 bridgehead atoms. The first kappa shape index (κ1) is 16.6. The SMILES string of the molecule is CCc1nnsc1C(=O)Nc1ccc(SCc2cccnc2)cc1. The van der Waals surface area contributed by atoms with Crippen molar-refractivity contribution < 1.29 is 4.79 Å². The average Bonchev–Trinajstić information content (AvgIpc) is 3.11. The monoisotopic (exact) mass is 356 g/mol. The first-order valence-corrected chi connectivity index (χ1v) is 9.26. The van der Waals surface area contributed by atoms with Crippen molar-refractivity contribution in [3.8, 4) is 0 Å². The van der Waals surface area contributed by atoms with Crippen LogP contribution in [0.15, 0.2) is 53.7 Å². The molecular formula is C17H16N4OS2. The normalized spacial score (nSPS) is 10.5. The molecule has 5 nitrogen and oxygen atoms in total. The van der Waals surface area contributed by atoms with Crippen molar-refractivity contribution in [2.24, 2.45) is 0 Å². The Morgan fingerprint density at radius 3 is 2.79 bits per heavy atom. The van der Waals surface area contributed by atoms with Gasteiger partial charge in [0, 0.05) is 28.7 Å². The quantitative estimate of drug-likeness (QED) is 0.675. The van der Waals surface area contributed by atoms with Crippen LogP contribution in [0.5, 0.6) is 0 Å². The lowest BCUT2D eigenvalue weighted by atomic mass is 10.2. The third-order valence-corrected chi connectivity index (χ3v) is 5.19. The maximum Gasteiger partial charge on any atom is 0.269 e. The summed E-state index contributed by atoms with van der Waals surface area (Å²) in [4.78, 5) is 18.1. The van der Waals surface area contributed by atoms with Gasteiger partial charge in [-0.1, -0.05) is 17.5 Å². The third kappa shape index (κ3) is 4.18. The molecule has 0 saturated carbocycles. The zero-order chi connectivity index (χ0) is 16.8. The van der Waals surface area contributed by atoms with Crippen LogP contribution < -0.4 is 5.32 Å². The number of amides is 1. The second-order valence-electron chi connectivity index (χ2n) is 5.03. The molecule has 3 rings (SSSR count). The number of anilines is 1. The van der Waals surface area contributed by atoms with Crippen molar-refractivity contribution in [2.75, 3.05) is 5.32 Å². The third-order valence-electron chi connectivity index (χ3n) is 3.34. The second kappa shape index (κ2) is 8.03. The van der Waals surface area contributed by atoms with Crippen LogP contribution in [0.2, 0.25) is 0 Å². The van der Waals surface area contributed by atoms with Gasteiger partial charge in [0.05, 0.1) is 5.69 Å². The van der Waals surface area contributed by atoms with Gasteiger partial charge in [-0.3, -0.25) is 9.78 Å². The topological polar surface area (TPSA) is 67.8 Å². The van der Waals surface area contributed by atoms with Crippen LogP contribution in [0.3, 0.4) is 0 Å². The van der Waals surface area contributed by atoms with E-state index in [9.17, 15) is 4.79 Å². The van der Waals surface area contributed by atoms with Gasteiger partial charge in [-0.15, -0.1) is 16.9 Å². The summed E-state index contributed by atoms with van der Waals surface area (Å²) in [6.45, 7) is 1.96. The molecule has 0 atom stereocenters. The molecular weight excluding hydrogens is 340 g/mol. The Labute approximate surface area is 148 Å². The van der Waals surface area contributed by atoms with Gasteiger partial charge in [0.25, 0.3) is 5.91 Å². The lowest BCUT2D eigenvalue weighted by molar-refractivity contribution is 0.102. The highest BCUT2D eigenvalue weighted by molar-refractivity contribution is 7.98. The lowest BCUT2D eigenvalue weighted by Gasteiger charge is -2.06. The Kier molecular flexibility index (Phi) is 5.55. The molecule has 3 aromatic rings. The fraction of sp³-hybridized carbons (Fsp3) is 0.176. The Morgan fingerprint density at radius 1 is 1.25 bits per heavy atom. The van der Waals surface area contributed by atoms with Crippen molar-refractivity contribution in [3.05, 3.63) is 64.9 Å². The Balaban J connectivity index is 1.59. The highest BCUT2D eigenvalue weighted by atomic mass is 32.2. The molecule has 1 amide bonds. The summed E-state index contributed by atoms with van der Waals surface area (Å²) in [5.74, 6) is 0.712. The minimum absolute atomic E-state index is 0.155. The first-order valence-electron chi connectivity index (χ1n) is 7.50. The van der Waals surface area contributed by atoms with Gasteiger partial charge in [0.2, 0.25) is 0 Å².